The Kier molecular flexibility index (Phi) is 1.81. The Balaban J connectivity index is 2.59. The second-order valence-electron chi connectivity index (χ2n) is 1.96. The van der Waals surface area contributed by atoms with E-state index in [9.17, 15) is 0 Å². The zero-order valence-electron chi connectivity index (χ0n) is 6.54. The van der Waals surface area contributed by atoms with E-state index in [-0.39, 0.29) is 0 Å². The molecule has 1 aromatic rings. The van der Waals surface area contributed by atoms with Crippen molar-refractivity contribution in [2.45, 2.75) is 6.54 Å². The van der Waals surface area contributed by atoms with Crippen LogP contribution in [0.1, 0.15) is 5.56 Å². The monoisotopic (exact) mass is 122 g/mol. The average Bonchev–Trinajstić information content (AvgIpc) is 1.88. The third kappa shape index (κ3) is 1.86. The van der Waals surface area contributed by atoms with Crippen LogP contribution in [0.3, 0.4) is 0 Å². The fraction of sp³-hybridized carbons (Fsp3) is 0.250. The molecule has 0 unspecified atom stereocenters. The second kappa shape index (κ2) is 3.25. The summed E-state index contributed by atoms with van der Waals surface area (Å²) in [5.41, 5.74) is 1.18. The number of hydrogen-bond acceptors (Lipinski definition) is 1. The van der Waals surface area contributed by atoms with Crippen LogP contribution in [0.2, 0.25) is 1.41 Å². The molecular formula is C8H11N. The Bertz CT molecular complexity index is 184. The predicted molar refractivity (Wildman–Crippen MR) is 39.2 cm³/mol. The van der Waals surface area contributed by atoms with Crippen LogP contribution >= 0.6 is 0 Å². The van der Waals surface area contributed by atoms with Gasteiger partial charge < -0.3 is 5.31 Å². The lowest BCUT2D eigenvalue weighted by atomic mass is 10.2. The van der Waals surface area contributed by atoms with Gasteiger partial charge in [0.1, 0.15) is 1.41 Å². The van der Waals surface area contributed by atoms with Crippen LogP contribution in [0.25, 0.3) is 0 Å². The molecule has 0 saturated heterocycles. The lowest BCUT2D eigenvalue weighted by Crippen LogP contribution is -2.04. The van der Waals surface area contributed by atoms with Crippen molar-refractivity contribution in [3.63, 3.8) is 0 Å². The van der Waals surface area contributed by atoms with Gasteiger partial charge in [0.05, 0.1) is 0 Å². The molecule has 0 bridgehead atoms. The van der Waals surface area contributed by atoms with E-state index in [0.29, 0.717) is 6.54 Å². The summed E-state index contributed by atoms with van der Waals surface area (Å²) in [6, 6.07) is 9.99. The molecule has 1 heteroatoms. The molecule has 1 N–H and O–H groups in total. The summed E-state index contributed by atoms with van der Waals surface area (Å²) in [6.45, 7) is 0.695. The van der Waals surface area contributed by atoms with E-state index in [2.05, 4.69) is 0 Å². The van der Waals surface area contributed by atoms with Crippen LogP contribution in [0.5, 0.6) is 0 Å². The van der Waals surface area contributed by atoms with Gasteiger partial charge >= 0.3 is 0 Å². The maximum absolute atomic E-state index is 7.15. The van der Waals surface area contributed by atoms with Gasteiger partial charge in [0, 0.05) is 6.54 Å². The van der Waals surface area contributed by atoms with Crippen molar-refractivity contribution in [3.05, 3.63) is 35.9 Å². The number of rotatable bonds is 2. The van der Waals surface area contributed by atoms with Gasteiger partial charge in [0.15, 0.2) is 0 Å². The van der Waals surface area contributed by atoms with E-state index >= 15 is 0 Å². The highest BCUT2D eigenvalue weighted by atomic mass is 14.8. The minimum Gasteiger partial charge on any atom is -0.316 e. The molecule has 9 heavy (non-hydrogen) atoms. The molecule has 0 amide bonds. The van der Waals surface area contributed by atoms with Gasteiger partial charge in [0.2, 0.25) is 0 Å². The molecule has 0 aliphatic carbocycles. The fourth-order valence-corrected chi connectivity index (χ4v) is 0.766. The quantitative estimate of drug-likeness (QED) is 0.625. The van der Waals surface area contributed by atoms with Crippen LogP contribution < -0.4 is 5.31 Å². The number of hydrogen-bond donors (Lipinski definition) is 1. The molecule has 0 spiro atoms. The van der Waals surface area contributed by atoms with Crippen molar-refractivity contribution in [2.24, 2.45) is 0 Å². The summed E-state index contributed by atoms with van der Waals surface area (Å²) in [4.78, 5) is 0. The lowest BCUT2D eigenvalue weighted by molar-refractivity contribution is 0.818. The Morgan fingerprint density at radius 3 is 2.67 bits per heavy atom. The molecule has 0 saturated carbocycles. The largest absolute Gasteiger partial charge is 0.316 e. The smallest absolute Gasteiger partial charge is 0.122 e. The molecule has 1 nitrogen and oxygen atoms in total. The van der Waals surface area contributed by atoms with E-state index < -0.39 is 0 Å². The van der Waals surface area contributed by atoms with Crippen LogP contribution in [0.4, 0.5) is 0 Å². The van der Waals surface area contributed by atoms with Crippen molar-refractivity contribution in [3.8, 4) is 0 Å². The molecule has 0 radical (unpaired) electrons. The molecule has 0 fully saturated rings. The third-order valence-electron chi connectivity index (χ3n) is 1.18. The van der Waals surface area contributed by atoms with E-state index in [1.54, 1.807) is 7.05 Å². The number of nitrogens with one attached hydrogen (secondary N) is 1. The first-order valence-corrected chi connectivity index (χ1v) is 3.03. The third-order valence-corrected chi connectivity index (χ3v) is 1.18. The van der Waals surface area contributed by atoms with Crippen molar-refractivity contribution in [2.75, 3.05) is 7.05 Å². The van der Waals surface area contributed by atoms with Crippen LogP contribution in [-0.4, -0.2) is 7.05 Å². The van der Waals surface area contributed by atoms with Crippen molar-refractivity contribution in [1.82, 2.24) is 5.31 Å². The molecule has 1 aromatic carbocycles. The molecule has 0 atom stereocenters. The molecular weight excluding hydrogens is 110 g/mol. The lowest BCUT2D eigenvalue weighted by Gasteiger charge is -1.95. The minimum atomic E-state index is 0.695. The van der Waals surface area contributed by atoms with E-state index in [1.165, 1.54) is 10.9 Å². The highest BCUT2D eigenvalue weighted by molar-refractivity contribution is 5.13. The predicted octanol–water partition coefficient (Wildman–Crippen LogP) is 1.41. The molecule has 0 aliphatic heterocycles. The summed E-state index contributed by atoms with van der Waals surface area (Å²) in [6.07, 6.45) is 0. The van der Waals surface area contributed by atoms with E-state index in [0.717, 1.165) is 0 Å². The molecule has 1 rings (SSSR count). The van der Waals surface area contributed by atoms with Gasteiger partial charge in [-0.1, -0.05) is 30.3 Å². The van der Waals surface area contributed by atoms with E-state index in [1.807, 2.05) is 30.3 Å². The Morgan fingerprint density at radius 2 is 2.11 bits per heavy atom. The minimum absolute atomic E-state index is 0.695. The van der Waals surface area contributed by atoms with Gasteiger partial charge in [-0.2, -0.15) is 0 Å². The first-order valence-electron chi connectivity index (χ1n) is 3.47. The first-order chi connectivity index (χ1) is 4.79. The molecule has 0 aromatic heterocycles. The Hall–Kier alpha value is -0.820. The summed E-state index contributed by atoms with van der Waals surface area (Å²) in [5, 5.41) is 1.41. The van der Waals surface area contributed by atoms with Gasteiger partial charge in [-0.15, -0.1) is 0 Å². The van der Waals surface area contributed by atoms with Crippen LogP contribution in [0.15, 0.2) is 30.3 Å². The van der Waals surface area contributed by atoms with Crippen molar-refractivity contribution < 1.29 is 1.41 Å². The SMILES string of the molecule is [2H]N(C)Cc1ccccc1. The van der Waals surface area contributed by atoms with Crippen LogP contribution in [0, 0.1) is 0 Å². The van der Waals surface area contributed by atoms with Gasteiger partial charge in [0.25, 0.3) is 0 Å². The van der Waals surface area contributed by atoms with Gasteiger partial charge in [-0.05, 0) is 12.6 Å². The molecule has 0 heterocycles. The molecule has 48 valence electrons. The fourth-order valence-electron chi connectivity index (χ4n) is 0.766. The summed E-state index contributed by atoms with van der Waals surface area (Å²) >= 11 is 0. The topological polar surface area (TPSA) is 12.0 Å². The van der Waals surface area contributed by atoms with Crippen molar-refractivity contribution >= 4 is 0 Å². The summed E-state index contributed by atoms with van der Waals surface area (Å²) < 4.78 is 7.15. The zero-order chi connectivity index (χ0) is 7.40. The highest BCUT2D eigenvalue weighted by Crippen LogP contribution is 1.95. The van der Waals surface area contributed by atoms with Crippen LogP contribution in [-0.2, 0) is 6.54 Å². The number of benzene rings is 1. The van der Waals surface area contributed by atoms with Gasteiger partial charge in [-0.25, -0.2) is 0 Å². The Labute approximate surface area is 57.2 Å². The second-order valence-corrected chi connectivity index (χ2v) is 1.96. The standard InChI is InChI=1S/C8H11N/c1-9-7-8-5-3-2-4-6-8/h2-6,9H,7H2,1H3/i/hD. The highest BCUT2D eigenvalue weighted by Gasteiger charge is 1.83. The maximum Gasteiger partial charge on any atom is 0.122 e. The first kappa shape index (κ1) is 5.00. The van der Waals surface area contributed by atoms with E-state index in [4.69, 9.17) is 1.41 Å². The normalized spacial score (nSPS) is 11.6. The summed E-state index contributed by atoms with van der Waals surface area (Å²) in [7, 11) is 1.74. The zero-order valence-corrected chi connectivity index (χ0v) is 5.54. The molecule has 0 aliphatic rings. The van der Waals surface area contributed by atoms with Crippen molar-refractivity contribution in [1.29, 1.82) is 0 Å². The summed E-state index contributed by atoms with van der Waals surface area (Å²) in [5.74, 6) is 0. The van der Waals surface area contributed by atoms with Gasteiger partial charge in [-0.3, -0.25) is 0 Å². The Morgan fingerprint density at radius 1 is 1.44 bits per heavy atom. The average molecular weight is 122 g/mol. The maximum atomic E-state index is 7.15.